The minimum Gasteiger partial charge on any atom is -0.497 e. The van der Waals surface area contributed by atoms with E-state index in [2.05, 4.69) is 5.32 Å². The van der Waals surface area contributed by atoms with Gasteiger partial charge in [0.2, 0.25) is 0 Å². The molecule has 2 aromatic carbocycles. The number of carbonyl (C=O) groups excluding carboxylic acids is 2. The average molecular weight is 377 g/mol. The fourth-order valence-corrected chi connectivity index (χ4v) is 2.79. The van der Waals surface area contributed by atoms with Crippen molar-refractivity contribution in [1.29, 1.82) is 0 Å². The van der Waals surface area contributed by atoms with Gasteiger partial charge in [0, 0.05) is 10.7 Å². The Morgan fingerprint density at radius 2 is 1.68 bits per heavy atom. The molecule has 1 heterocycles. The molecule has 0 saturated carbocycles. The van der Waals surface area contributed by atoms with Gasteiger partial charge < -0.3 is 10.1 Å². The molecule has 1 aliphatic rings. The van der Waals surface area contributed by atoms with Gasteiger partial charge in [0.25, 0.3) is 11.8 Å². The van der Waals surface area contributed by atoms with E-state index in [4.69, 9.17) is 27.9 Å². The lowest BCUT2D eigenvalue weighted by molar-refractivity contribution is -0.120. The van der Waals surface area contributed by atoms with Gasteiger partial charge in [0.05, 0.1) is 12.8 Å². The molecule has 7 heteroatoms. The molecule has 5 nitrogen and oxygen atoms in total. The van der Waals surface area contributed by atoms with Crippen LogP contribution in [0.1, 0.15) is 5.56 Å². The summed E-state index contributed by atoms with van der Waals surface area (Å²) in [7, 11) is 1.54. The largest absolute Gasteiger partial charge is 0.497 e. The van der Waals surface area contributed by atoms with Crippen LogP contribution in [0, 0.1) is 6.92 Å². The van der Waals surface area contributed by atoms with Gasteiger partial charge in [-0.05, 0) is 48.9 Å². The van der Waals surface area contributed by atoms with Crippen molar-refractivity contribution in [3.05, 3.63) is 63.8 Å². The van der Waals surface area contributed by atoms with E-state index in [1.807, 2.05) is 13.0 Å². The maximum absolute atomic E-state index is 12.7. The van der Waals surface area contributed by atoms with Crippen molar-refractivity contribution >= 4 is 46.4 Å². The van der Waals surface area contributed by atoms with E-state index in [9.17, 15) is 9.59 Å². The Bertz CT molecular complexity index is 892. The van der Waals surface area contributed by atoms with E-state index in [1.165, 1.54) is 7.11 Å². The number of nitrogens with zero attached hydrogens (tertiary/aromatic N) is 1. The van der Waals surface area contributed by atoms with E-state index in [1.54, 1.807) is 36.4 Å². The number of hydrogen-bond acceptors (Lipinski definition) is 4. The highest BCUT2D eigenvalue weighted by Gasteiger charge is 2.38. The second-order valence-electron chi connectivity index (χ2n) is 5.42. The number of carbonyl (C=O) groups is 2. The molecule has 25 heavy (non-hydrogen) atoms. The van der Waals surface area contributed by atoms with Crippen LogP contribution in [-0.2, 0) is 9.59 Å². The Labute approximate surface area is 154 Å². The first-order chi connectivity index (χ1) is 11.9. The molecule has 1 aliphatic heterocycles. The first kappa shape index (κ1) is 17.3. The molecule has 0 atom stereocenters. The smallest absolute Gasteiger partial charge is 0.283 e. The van der Waals surface area contributed by atoms with Crippen molar-refractivity contribution in [2.24, 2.45) is 0 Å². The first-order valence-corrected chi connectivity index (χ1v) is 8.13. The fraction of sp³-hybridized carbons (Fsp3) is 0.111. The minimum atomic E-state index is -0.586. The summed E-state index contributed by atoms with van der Waals surface area (Å²) in [5.41, 5.74) is 1.90. The Hall–Kier alpha value is -2.50. The third-order valence-corrected chi connectivity index (χ3v) is 4.56. The Morgan fingerprint density at radius 1 is 1.00 bits per heavy atom. The SMILES string of the molecule is COc1ccc(N2C(=O)C(Cl)=C(Nc3ccc(C)c(Cl)c3)C2=O)cc1. The predicted octanol–water partition coefficient (Wildman–Crippen LogP) is 4.09. The molecule has 128 valence electrons. The van der Waals surface area contributed by atoms with Crippen molar-refractivity contribution < 1.29 is 14.3 Å². The maximum Gasteiger partial charge on any atom is 0.283 e. The fourth-order valence-electron chi connectivity index (χ4n) is 2.39. The molecule has 0 saturated heterocycles. The highest BCUT2D eigenvalue weighted by Crippen LogP contribution is 2.31. The Morgan fingerprint density at radius 3 is 2.28 bits per heavy atom. The summed E-state index contributed by atoms with van der Waals surface area (Å²) < 4.78 is 5.08. The van der Waals surface area contributed by atoms with Crippen LogP contribution in [0.25, 0.3) is 0 Å². The molecule has 0 aliphatic carbocycles. The van der Waals surface area contributed by atoms with Crippen LogP contribution >= 0.6 is 23.2 Å². The standard InChI is InChI=1S/C18H14Cl2N2O3/c1-10-3-4-11(9-14(10)19)21-16-15(20)17(23)22(18(16)24)12-5-7-13(25-2)8-6-12/h3-9,21H,1-2H3. The van der Waals surface area contributed by atoms with Crippen molar-refractivity contribution in [2.75, 3.05) is 17.3 Å². The summed E-state index contributed by atoms with van der Waals surface area (Å²) in [5, 5.41) is 3.27. The number of nitrogens with one attached hydrogen (secondary N) is 1. The summed E-state index contributed by atoms with van der Waals surface area (Å²) >= 11 is 12.2. The van der Waals surface area contributed by atoms with Gasteiger partial charge in [-0.2, -0.15) is 0 Å². The molecule has 0 fully saturated rings. The predicted molar refractivity (Wildman–Crippen MR) is 98.2 cm³/mol. The number of ether oxygens (including phenoxy) is 1. The lowest BCUT2D eigenvalue weighted by atomic mass is 10.2. The lowest BCUT2D eigenvalue weighted by Crippen LogP contribution is -2.32. The summed E-state index contributed by atoms with van der Waals surface area (Å²) in [6.07, 6.45) is 0. The van der Waals surface area contributed by atoms with Crippen molar-refractivity contribution in [3.8, 4) is 5.75 Å². The van der Waals surface area contributed by atoms with Crippen LogP contribution in [0.5, 0.6) is 5.75 Å². The normalized spacial score (nSPS) is 14.3. The summed E-state index contributed by atoms with van der Waals surface area (Å²) in [6, 6.07) is 11.8. The Balaban J connectivity index is 1.89. The molecule has 2 aromatic rings. The van der Waals surface area contributed by atoms with Gasteiger partial charge in [-0.3, -0.25) is 9.59 Å². The second kappa shape index (κ2) is 6.78. The highest BCUT2D eigenvalue weighted by atomic mass is 35.5. The number of aryl methyl sites for hydroxylation is 1. The summed E-state index contributed by atoms with van der Waals surface area (Å²) in [5.74, 6) is -0.496. The van der Waals surface area contributed by atoms with E-state index in [-0.39, 0.29) is 10.7 Å². The molecule has 0 spiro atoms. The molecule has 1 N–H and O–H groups in total. The van der Waals surface area contributed by atoms with Gasteiger partial charge in [-0.15, -0.1) is 0 Å². The van der Waals surface area contributed by atoms with E-state index in [0.29, 0.717) is 22.1 Å². The Kier molecular flexibility index (Phi) is 4.70. The molecule has 2 amide bonds. The zero-order chi connectivity index (χ0) is 18.1. The monoisotopic (exact) mass is 376 g/mol. The maximum atomic E-state index is 12.7. The number of anilines is 2. The van der Waals surface area contributed by atoms with E-state index >= 15 is 0 Å². The van der Waals surface area contributed by atoms with Crippen LogP contribution in [0.3, 0.4) is 0 Å². The third-order valence-electron chi connectivity index (χ3n) is 3.80. The van der Waals surface area contributed by atoms with E-state index < -0.39 is 11.8 Å². The van der Waals surface area contributed by atoms with Gasteiger partial charge in [-0.25, -0.2) is 4.90 Å². The van der Waals surface area contributed by atoms with E-state index in [0.717, 1.165) is 10.5 Å². The number of benzene rings is 2. The molecular weight excluding hydrogens is 363 g/mol. The zero-order valence-corrected chi connectivity index (χ0v) is 15.0. The summed E-state index contributed by atoms with van der Waals surface area (Å²) in [4.78, 5) is 26.1. The van der Waals surface area contributed by atoms with Crippen LogP contribution in [0.2, 0.25) is 5.02 Å². The van der Waals surface area contributed by atoms with Crippen LogP contribution < -0.4 is 15.0 Å². The van der Waals surface area contributed by atoms with Crippen LogP contribution in [-0.4, -0.2) is 18.9 Å². The molecule has 0 radical (unpaired) electrons. The second-order valence-corrected chi connectivity index (χ2v) is 6.21. The van der Waals surface area contributed by atoms with Crippen LogP contribution in [0.4, 0.5) is 11.4 Å². The quantitative estimate of drug-likeness (QED) is 0.816. The van der Waals surface area contributed by atoms with Gasteiger partial charge in [-0.1, -0.05) is 29.3 Å². The molecule has 0 unspecified atom stereocenters. The number of imide groups is 1. The van der Waals surface area contributed by atoms with Crippen molar-refractivity contribution in [2.45, 2.75) is 6.92 Å². The molecule has 0 aromatic heterocycles. The number of amides is 2. The van der Waals surface area contributed by atoms with Crippen molar-refractivity contribution in [3.63, 3.8) is 0 Å². The van der Waals surface area contributed by atoms with Crippen molar-refractivity contribution in [1.82, 2.24) is 0 Å². The topological polar surface area (TPSA) is 58.6 Å². The average Bonchev–Trinajstić information content (AvgIpc) is 2.82. The van der Waals surface area contributed by atoms with Gasteiger partial charge >= 0.3 is 0 Å². The first-order valence-electron chi connectivity index (χ1n) is 7.38. The third kappa shape index (κ3) is 3.21. The number of rotatable bonds is 4. The lowest BCUT2D eigenvalue weighted by Gasteiger charge is -2.15. The number of halogens is 2. The van der Waals surface area contributed by atoms with Crippen LogP contribution in [0.15, 0.2) is 53.2 Å². The molecular formula is C18H14Cl2N2O3. The van der Waals surface area contributed by atoms with Gasteiger partial charge in [0.1, 0.15) is 16.5 Å². The molecule has 0 bridgehead atoms. The molecule has 3 rings (SSSR count). The highest BCUT2D eigenvalue weighted by molar-refractivity contribution is 6.53. The number of methoxy groups -OCH3 is 1. The number of hydrogen-bond donors (Lipinski definition) is 1. The minimum absolute atomic E-state index is 0.0161. The van der Waals surface area contributed by atoms with Gasteiger partial charge in [0.15, 0.2) is 0 Å². The zero-order valence-electron chi connectivity index (χ0n) is 13.5. The summed E-state index contributed by atoms with van der Waals surface area (Å²) in [6.45, 7) is 1.87.